The van der Waals surface area contributed by atoms with Crippen molar-refractivity contribution in [3.8, 4) is 0 Å². The quantitative estimate of drug-likeness (QED) is 0.861. The van der Waals surface area contributed by atoms with Crippen LogP contribution in [0, 0.1) is 0 Å². The van der Waals surface area contributed by atoms with Crippen LogP contribution in [0.3, 0.4) is 0 Å². The lowest BCUT2D eigenvalue weighted by Crippen LogP contribution is -2.49. The molecule has 7 heteroatoms. The van der Waals surface area contributed by atoms with E-state index in [4.69, 9.17) is 21.7 Å². The van der Waals surface area contributed by atoms with Crippen LogP contribution in [0.2, 0.25) is 5.02 Å². The molecule has 0 spiro atoms. The highest BCUT2D eigenvalue weighted by molar-refractivity contribution is 7.08. The number of nitrogens with one attached hydrogen (secondary N) is 1. The summed E-state index contributed by atoms with van der Waals surface area (Å²) in [7, 11) is 0. The molecule has 0 unspecified atom stereocenters. The minimum Gasteiger partial charge on any atom is -0.395 e. The molecule has 2 aromatic rings. The third kappa shape index (κ3) is 3.02. The van der Waals surface area contributed by atoms with Crippen LogP contribution in [-0.2, 0) is 0 Å². The van der Waals surface area contributed by atoms with Crippen molar-refractivity contribution in [1.29, 1.82) is 0 Å². The van der Waals surface area contributed by atoms with Gasteiger partial charge in [0.05, 0.1) is 29.2 Å². The average Bonchev–Trinajstić information content (AvgIpc) is 2.98. The first-order valence-electron chi connectivity index (χ1n) is 8.04. The number of aliphatic hydroxyl groups is 1. The second-order valence-electron chi connectivity index (χ2n) is 5.97. The van der Waals surface area contributed by atoms with E-state index >= 15 is 0 Å². The van der Waals surface area contributed by atoms with Gasteiger partial charge < -0.3 is 15.3 Å². The van der Waals surface area contributed by atoms with Crippen LogP contribution in [0.25, 0.3) is 0 Å². The molecule has 3 heterocycles. The summed E-state index contributed by atoms with van der Waals surface area (Å²) in [5, 5.41) is 17.5. The maximum Gasteiger partial charge on any atom is 0.139 e. The number of piperazine rings is 1. The van der Waals surface area contributed by atoms with E-state index in [1.807, 2.05) is 18.2 Å². The number of aliphatic imine (C=N–C) groups is 1. The minimum absolute atomic E-state index is 0.214. The molecule has 0 atom stereocenters. The Balaban J connectivity index is 1.68. The van der Waals surface area contributed by atoms with Crippen molar-refractivity contribution < 1.29 is 5.11 Å². The number of aliphatic hydroxyl groups excluding tert-OH is 1. The zero-order valence-corrected chi connectivity index (χ0v) is 14.8. The summed E-state index contributed by atoms with van der Waals surface area (Å²) in [6, 6.07) is 5.76. The smallest absolute Gasteiger partial charge is 0.139 e. The van der Waals surface area contributed by atoms with Gasteiger partial charge in [-0.15, -0.1) is 11.3 Å². The number of thiophene rings is 1. The molecule has 0 bridgehead atoms. The number of hydrogen-bond donors (Lipinski definition) is 2. The first-order chi connectivity index (χ1) is 11.7. The molecular formula is C17H19ClN4OS. The zero-order valence-electron chi connectivity index (χ0n) is 13.2. The summed E-state index contributed by atoms with van der Waals surface area (Å²) in [6.07, 6.45) is 0. The maximum absolute atomic E-state index is 9.11. The molecule has 0 radical (unpaired) electrons. The molecule has 0 aliphatic carbocycles. The Bertz CT molecular complexity index is 768. The molecule has 1 fully saturated rings. The Morgan fingerprint density at radius 1 is 1.17 bits per heavy atom. The summed E-state index contributed by atoms with van der Waals surface area (Å²) >= 11 is 7.84. The van der Waals surface area contributed by atoms with E-state index < -0.39 is 0 Å². The molecule has 2 N–H and O–H groups in total. The number of halogens is 1. The Morgan fingerprint density at radius 2 is 2.00 bits per heavy atom. The van der Waals surface area contributed by atoms with Gasteiger partial charge in [0.1, 0.15) is 5.84 Å². The van der Waals surface area contributed by atoms with Gasteiger partial charge in [0.15, 0.2) is 0 Å². The third-order valence-electron chi connectivity index (χ3n) is 4.45. The molecule has 1 aromatic heterocycles. The van der Waals surface area contributed by atoms with E-state index in [0.29, 0.717) is 5.02 Å². The monoisotopic (exact) mass is 362 g/mol. The van der Waals surface area contributed by atoms with Gasteiger partial charge in [-0.2, -0.15) is 0 Å². The Hall–Kier alpha value is -1.60. The zero-order chi connectivity index (χ0) is 16.5. The molecule has 0 amide bonds. The molecule has 0 saturated carbocycles. The molecule has 1 aromatic carbocycles. The highest BCUT2D eigenvalue weighted by atomic mass is 35.5. The largest absolute Gasteiger partial charge is 0.395 e. The van der Waals surface area contributed by atoms with Crippen molar-refractivity contribution in [2.75, 3.05) is 44.6 Å². The van der Waals surface area contributed by atoms with Gasteiger partial charge >= 0.3 is 0 Å². The molecule has 2 aliphatic heterocycles. The van der Waals surface area contributed by atoms with Crippen LogP contribution >= 0.6 is 22.9 Å². The van der Waals surface area contributed by atoms with Gasteiger partial charge in [0, 0.05) is 48.5 Å². The lowest BCUT2D eigenvalue weighted by Gasteiger charge is -2.36. The molecular weight excluding hydrogens is 344 g/mol. The first-order valence-corrected chi connectivity index (χ1v) is 9.36. The number of anilines is 2. The molecule has 2 aliphatic rings. The molecule has 24 heavy (non-hydrogen) atoms. The number of benzene rings is 1. The van der Waals surface area contributed by atoms with Gasteiger partial charge in [0.2, 0.25) is 0 Å². The number of nitrogens with zero attached hydrogens (tertiary/aromatic N) is 3. The fourth-order valence-electron chi connectivity index (χ4n) is 3.16. The number of hydrogen-bond acceptors (Lipinski definition) is 6. The van der Waals surface area contributed by atoms with Crippen LogP contribution in [-0.4, -0.2) is 60.1 Å². The first kappa shape index (κ1) is 15.9. The van der Waals surface area contributed by atoms with Gasteiger partial charge in [-0.05, 0) is 18.2 Å². The summed E-state index contributed by atoms with van der Waals surface area (Å²) in [5.41, 5.74) is 4.09. The van der Waals surface area contributed by atoms with E-state index in [0.717, 1.165) is 61.2 Å². The molecule has 5 nitrogen and oxygen atoms in total. The van der Waals surface area contributed by atoms with Crippen molar-refractivity contribution in [2.24, 2.45) is 4.99 Å². The number of rotatable bonds is 2. The maximum atomic E-state index is 9.11. The van der Waals surface area contributed by atoms with E-state index in [9.17, 15) is 0 Å². The average molecular weight is 363 g/mol. The van der Waals surface area contributed by atoms with Crippen LogP contribution in [0.1, 0.15) is 5.56 Å². The van der Waals surface area contributed by atoms with E-state index in [2.05, 4.69) is 25.9 Å². The predicted molar refractivity (Wildman–Crippen MR) is 100 cm³/mol. The third-order valence-corrected chi connectivity index (χ3v) is 5.43. The second kappa shape index (κ2) is 6.72. The van der Waals surface area contributed by atoms with E-state index in [-0.39, 0.29) is 6.61 Å². The van der Waals surface area contributed by atoms with E-state index in [1.54, 1.807) is 11.3 Å². The van der Waals surface area contributed by atoms with E-state index in [1.165, 1.54) is 0 Å². The van der Waals surface area contributed by atoms with Crippen molar-refractivity contribution in [2.45, 2.75) is 0 Å². The second-order valence-corrected chi connectivity index (χ2v) is 7.15. The fourth-order valence-corrected chi connectivity index (χ4v) is 4.08. The Labute approximate surface area is 150 Å². The highest BCUT2D eigenvalue weighted by Gasteiger charge is 2.25. The predicted octanol–water partition coefficient (Wildman–Crippen LogP) is 3.15. The van der Waals surface area contributed by atoms with Crippen LogP contribution in [0.5, 0.6) is 0 Å². The lowest BCUT2D eigenvalue weighted by molar-refractivity contribution is 0.147. The summed E-state index contributed by atoms with van der Waals surface area (Å²) in [5.74, 6) is 1.00. The topological polar surface area (TPSA) is 51.1 Å². The van der Waals surface area contributed by atoms with Gasteiger partial charge in [-0.3, -0.25) is 4.90 Å². The Morgan fingerprint density at radius 3 is 2.79 bits per heavy atom. The van der Waals surface area contributed by atoms with Crippen LogP contribution in [0.15, 0.2) is 34.0 Å². The molecule has 4 rings (SSSR count). The van der Waals surface area contributed by atoms with Crippen molar-refractivity contribution in [3.05, 3.63) is 39.5 Å². The van der Waals surface area contributed by atoms with Crippen LogP contribution in [0.4, 0.5) is 17.1 Å². The number of amidine groups is 1. The van der Waals surface area contributed by atoms with Gasteiger partial charge in [-0.1, -0.05) is 11.6 Å². The number of fused-ring (bicyclic) bond motifs is 2. The molecule has 1 saturated heterocycles. The normalized spacial score (nSPS) is 17.6. The van der Waals surface area contributed by atoms with Crippen LogP contribution < -0.4 is 5.32 Å². The summed E-state index contributed by atoms with van der Waals surface area (Å²) in [6.45, 7) is 4.65. The number of β-amino-alcohol motifs (C(OH)–C–C–N with tert-alkyl or cyclic N) is 1. The van der Waals surface area contributed by atoms with Crippen molar-refractivity contribution in [1.82, 2.24) is 9.80 Å². The van der Waals surface area contributed by atoms with Crippen molar-refractivity contribution >= 4 is 45.8 Å². The SMILES string of the molecule is OCCN1CCN(C2=Nc3cc(Cl)ccc3Nc3cscc32)CC1. The highest BCUT2D eigenvalue weighted by Crippen LogP contribution is 2.38. The Kier molecular flexibility index (Phi) is 4.45. The summed E-state index contributed by atoms with van der Waals surface area (Å²) in [4.78, 5) is 9.56. The van der Waals surface area contributed by atoms with Crippen molar-refractivity contribution in [3.63, 3.8) is 0 Å². The van der Waals surface area contributed by atoms with Gasteiger partial charge in [0.25, 0.3) is 0 Å². The standard InChI is InChI=1S/C17H19ClN4OS/c18-12-1-2-14-15(9-12)20-17(13-10-24-11-16(13)19-14)22-5-3-21(4-6-22)7-8-23/h1-2,9-11,19,23H,3-8H2. The minimum atomic E-state index is 0.214. The molecule has 126 valence electrons. The van der Waals surface area contributed by atoms with Gasteiger partial charge in [-0.25, -0.2) is 4.99 Å². The lowest BCUT2D eigenvalue weighted by atomic mass is 10.2. The fraction of sp³-hybridized carbons (Fsp3) is 0.353. The summed E-state index contributed by atoms with van der Waals surface area (Å²) < 4.78 is 0.